The first-order chi connectivity index (χ1) is 13.0. The van der Waals surface area contributed by atoms with E-state index in [4.69, 9.17) is 4.74 Å². The van der Waals surface area contributed by atoms with E-state index in [0.717, 1.165) is 22.6 Å². The molecule has 0 radical (unpaired) electrons. The molecule has 0 atom stereocenters. The van der Waals surface area contributed by atoms with Gasteiger partial charge in [0.05, 0.1) is 17.0 Å². The first-order valence-electron chi connectivity index (χ1n) is 8.61. The Kier molecular flexibility index (Phi) is 4.19. The summed E-state index contributed by atoms with van der Waals surface area (Å²) in [4.78, 5) is 21.1. The molecule has 0 spiro atoms. The van der Waals surface area contributed by atoms with Gasteiger partial charge < -0.3 is 9.14 Å². The molecular weight excluding hydrogens is 342 g/mol. The van der Waals surface area contributed by atoms with Gasteiger partial charge >= 0.3 is 5.97 Å². The zero-order chi connectivity index (χ0) is 19.0. The van der Waals surface area contributed by atoms with Crippen molar-refractivity contribution in [2.45, 2.75) is 27.4 Å². The maximum absolute atomic E-state index is 12.3. The van der Waals surface area contributed by atoms with E-state index in [0.29, 0.717) is 17.1 Å². The maximum Gasteiger partial charge on any atom is 0.340 e. The number of ether oxygens (including phenoxy) is 1. The summed E-state index contributed by atoms with van der Waals surface area (Å²) < 4.78 is 9.04. The first kappa shape index (κ1) is 17.0. The number of hydrogen-bond acceptors (Lipinski definition) is 5. The normalized spacial score (nSPS) is 11.1. The van der Waals surface area contributed by atoms with E-state index in [9.17, 15) is 4.79 Å². The lowest BCUT2D eigenvalue weighted by molar-refractivity contribution is 0.0468. The Morgan fingerprint density at radius 3 is 2.70 bits per heavy atom. The second-order valence-electron chi connectivity index (χ2n) is 6.47. The number of aryl methyl sites for hydroxylation is 3. The van der Waals surface area contributed by atoms with Crippen molar-refractivity contribution in [1.82, 2.24) is 24.1 Å². The molecule has 7 heteroatoms. The van der Waals surface area contributed by atoms with Crippen LogP contribution in [0, 0.1) is 20.8 Å². The number of imidazole rings is 1. The lowest BCUT2D eigenvalue weighted by Crippen LogP contribution is -2.08. The molecule has 0 aliphatic rings. The highest BCUT2D eigenvalue weighted by Gasteiger charge is 2.12. The number of rotatable bonds is 4. The van der Waals surface area contributed by atoms with Crippen LogP contribution in [0.4, 0.5) is 0 Å². The summed E-state index contributed by atoms with van der Waals surface area (Å²) in [5.74, 6) is 0.226. The van der Waals surface area contributed by atoms with Gasteiger partial charge in [-0.2, -0.15) is 5.10 Å². The molecule has 0 aromatic carbocycles. The fraction of sp³-hybridized carbons (Fsp3) is 0.200. The van der Waals surface area contributed by atoms with Gasteiger partial charge in [0.15, 0.2) is 5.82 Å². The quantitative estimate of drug-likeness (QED) is 0.522. The zero-order valence-electron chi connectivity index (χ0n) is 15.4. The number of carbonyl (C=O) groups excluding carboxylic acids is 1. The number of carbonyl (C=O) groups is 1. The van der Waals surface area contributed by atoms with Gasteiger partial charge in [0.2, 0.25) is 0 Å². The van der Waals surface area contributed by atoms with Crippen molar-refractivity contribution in [2.24, 2.45) is 0 Å². The Labute approximate surface area is 156 Å². The molecular formula is C20H19N5O2. The Balaban J connectivity index is 1.46. The van der Waals surface area contributed by atoms with Gasteiger partial charge in [0.1, 0.15) is 12.3 Å². The molecule has 0 saturated heterocycles. The minimum Gasteiger partial charge on any atom is -0.455 e. The predicted molar refractivity (Wildman–Crippen MR) is 99.9 cm³/mol. The SMILES string of the molecule is Cc1cc(C)n(-c2ccc(C(=O)OCc3cn4cccc(C)c4n3)cn2)n1. The third-order valence-electron chi connectivity index (χ3n) is 4.29. The maximum atomic E-state index is 12.3. The highest BCUT2D eigenvalue weighted by Crippen LogP contribution is 2.13. The summed E-state index contributed by atoms with van der Waals surface area (Å²) in [5.41, 5.74) is 4.92. The van der Waals surface area contributed by atoms with Crippen molar-refractivity contribution in [3.05, 3.63) is 77.1 Å². The van der Waals surface area contributed by atoms with Crippen molar-refractivity contribution < 1.29 is 9.53 Å². The average Bonchev–Trinajstić information content (AvgIpc) is 3.23. The largest absolute Gasteiger partial charge is 0.455 e. The number of esters is 1. The Hall–Kier alpha value is -3.48. The summed E-state index contributed by atoms with van der Waals surface area (Å²) in [5, 5.41) is 4.39. The molecule has 0 aliphatic heterocycles. The first-order valence-corrected chi connectivity index (χ1v) is 8.61. The van der Waals surface area contributed by atoms with Crippen molar-refractivity contribution in [3.63, 3.8) is 0 Å². The zero-order valence-corrected chi connectivity index (χ0v) is 15.4. The molecule has 136 valence electrons. The number of aromatic nitrogens is 5. The van der Waals surface area contributed by atoms with Crippen LogP contribution < -0.4 is 0 Å². The molecule has 4 heterocycles. The van der Waals surface area contributed by atoms with Crippen LogP contribution >= 0.6 is 0 Å². The van der Waals surface area contributed by atoms with Crippen LogP contribution in [-0.4, -0.2) is 30.1 Å². The van der Waals surface area contributed by atoms with Crippen molar-refractivity contribution in [3.8, 4) is 5.82 Å². The third kappa shape index (κ3) is 3.31. The highest BCUT2D eigenvalue weighted by molar-refractivity contribution is 5.89. The van der Waals surface area contributed by atoms with E-state index >= 15 is 0 Å². The minimum absolute atomic E-state index is 0.110. The predicted octanol–water partition coefficient (Wildman–Crippen LogP) is 3.20. The van der Waals surface area contributed by atoms with Gasteiger partial charge in [0, 0.05) is 24.3 Å². The van der Waals surface area contributed by atoms with Crippen LogP contribution in [0.2, 0.25) is 0 Å². The molecule has 4 aromatic heterocycles. The topological polar surface area (TPSA) is 74.3 Å². The molecule has 0 fully saturated rings. The van der Waals surface area contributed by atoms with Gasteiger partial charge in [-0.15, -0.1) is 0 Å². The fourth-order valence-electron chi connectivity index (χ4n) is 2.99. The van der Waals surface area contributed by atoms with Crippen LogP contribution in [0.1, 0.15) is 33.0 Å². The smallest absolute Gasteiger partial charge is 0.340 e. The van der Waals surface area contributed by atoms with Gasteiger partial charge in [-0.1, -0.05) is 6.07 Å². The van der Waals surface area contributed by atoms with E-state index in [1.807, 2.05) is 55.8 Å². The molecule has 27 heavy (non-hydrogen) atoms. The molecule has 4 rings (SSSR count). The standard InChI is InChI=1S/C20H19N5O2/c1-13-5-4-8-24-11-17(22-19(13)24)12-27-20(26)16-6-7-18(21-10-16)25-15(3)9-14(2)23-25/h4-11H,12H2,1-3H3. The number of fused-ring (bicyclic) bond motifs is 1. The minimum atomic E-state index is -0.434. The second-order valence-corrected chi connectivity index (χ2v) is 6.47. The highest BCUT2D eigenvalue weighted by atomic mass is 16.5. The van der Waals surface area contributed by atoms with Crippen LogP contribution in [0.5, 0.6) is 0 Å². The van der Waals surface area contributed by atoms with Gasteiger partial charge in [0.25, 0.3) is 0 Å². The molecule has 0 bridgehead atoms. The molecule has 0 amide bonds. The molecule has 4 aromatic rings. The number of pyridine rings is 2. The lowest BCUT2D eigenvalue weighted by atomic mass is 10.3. The Bertz CT molecular complexity index is 1130. The summed E-state index contributed by atoms with van der Waals surface area (Å²) >= 11 is 0. The Morgan fingerprint density at radius 1 is 1.19 bits per heavy atom. The molecule has 0 aliphatic carbocycles. The van der Waals surface area contributed by atoms with E-state index in [1.54, 1.807) is 16.8 Å². The van der Waals surface area contributed by atoms with Crippen LogP contribution in [0.15, 0.2) is 48.9 Å². The summed E-state index contributed by atoms with van der Waals surface area (Å²) in [7, 11) is 0. The van der Waals surface area contributed by atoms with E-state index in [2.05, 4.69) is 15.1 Å². The summed E-state index contributed by atoms with van der Waals surface area (Å²) in [6.07, 6.45) is 5.28. The number of nitrogens with zero attached hydrogens (tertiary/aromatic N) is 5. The molecule has 7 nitrogen and oxygen atoms in total. The Morgan fingerprint density at radius 2 is 2.04 bits per heavy atom. The summed E-state index contributed by atoms with van der Waals surface area (Å²) in [6, 6.07) is 9.36. The van der Waals surface area contributed by atoms with Crippen molar-refractivity contribution >= 4 is 11.6 Å². The van der Waals surface area contributed by atoms with Crippen molar-refractivity contribution in [2.75, 3.05) is 0 Å². The third-order valence-corrected chi connectivity index (χ3v) is 4.29. The van der Waals surface area contributed by atoms with E-state index in [-0.39, 0.29) is 6.61 Å². The van der Waals surface area contributed by atoms with Gasteiger partial charge in [-0.3, -0.25) is 0 Å². The van der Waals surface area contributed by atoms with E-state index < -0.39 is 5.97 Å². The summed E-state index contributed by atoms with van der Waals surface area (Å²) in [6.45, 7) is 5.99. The lowest BCUT2D eigenvalue weighted by Gasteiger charge is -2.05. The fourth-order valence-corrected chi connectivity index (χ4v) is 2.99. The molecule has 0 N–H and O–H groups in total. The van der Waals surface area contributed by atoms with Crippen molar-refractivity contribution in [1.29, 1.82) is 0 Å². The second kappa shape index (κ2) is 6.68. The molecule has 0 unspecified atom stereocenters. The van der Waals surface area contributed by atoms with Crippen LogP contribution in [0.3, 0.4) is 0 Å². The average molecular weight is 361 g/mol. The van der Waals surface area contributed by atoms with Gasteiger partial charge in [-0.05, 0) is 50.6 Å². The van der Waals surface area contributed by atoms with Gasteiger partial charge in [-0.25, -0.2) is 19.4 Å². The number of hydrogen-bond donors (Lipinski definition) is 0. The molecule has 0 saturated carbocycles. The van der Waals surface area contributed by atoms with Crippen LogP contribution in [0.25, 0.3) is 11.5 Å². The monoisotopic (exact) mass is 361 g/mol. The van der Waals surface area contributed by atoms with E-state index in [1.165, 1.54) is 6.20 Å². The van der Waals surface area contributed by atoms with Crippen LogP contribution in [-0.2, 0) is 11.3 Å².